The highest BCUT2D eigenvalue weighted by atomic mass is 80.0. The molecule has 0 aliphatic rings. The highest BCUT2D eigenvalue weighted by molar-refractivity contribution is 9.42. The first-order chi connectivity index (χ1) is 7.72. The van der Waals surface area contributed by atoms with Crippen LogP contribution in [0, 0.1) is 0 Å². The van der Waals surface area contributed by atoms with E-state index < -0.39 is 11.5 Å². The number of benzene rings is 1. The summed E-state index contributed by atoms with van der Waals surface area (Å²) in [7, 11) is -3.52. The lowest BCUT2D eigenvalue weighted by Gasteiger charge is -2.19. The van der Waals surface area contributed by atoms with Crippen molar-refractivity contribution in [1.82, 2.24) is 4.72 Å². The molecule has 3 nitrogen and oxygen atoms in total. The van der Waals surface area contributed by atoms with Crippen LogP contribution >= 0.6 is 47.8 Å². The summed E-state index contributed by atoms with van der Waals surface area (Å²) in [6, 6.07) is 9.54. The summed E-state index contributed by atoms with van der Waals surface area (Å²) in [4.78, 5) is 0. The van der Waals surface area contributed by atoms with Crippen molar-refractivity contribution in [3.05, 3.63) is 35.9 Å². The molecule has 0 aliphatic heterocycles. The smallest absolute Gasteiger partial charge is 0.209 e. The van der Waals surface area contributed by atoms with Gasteiger partial charge in [0.1, 0.15) is 0 Å². The minimum atomic E-state index is -3.52. The summed E-state index contributed by atoms with van der Waals surface area (Å²) in [5, 5.41) is 0. The Balaban J connectivity index is 2.66. The second kappa shape index (κ2) is 6.14. The molecule has 0 fully saturated rings. The molecule has 1 unspecified atom stereocenters. The molecule has 0 bridgehead atoms. The molecule has 1 aromatic carbocycles. The van der Waals surface area contributed by atoms with Gasteiger partial charge in [0.2, 0.25) is 11.5 Å². The summed E-state index contributed by atoms with van der Waals surface area (Å²) in [5.74, 6) is 0. The first kappa shape index (κ1) is 15.6. The Labute approximate surface area is 127 Å². The molecule has 0 saturated carbocycles. The lowest BCUT2D eigenvalue weighted by Crippen LogP contribution is -2.40. The second-order valence-electron chi connectivity index (χ2n) is 3.66. The Morgan fingerprint density at radius 2 is 1.76 bits per heavy atom. The number of nitrogens with one attached hydrogen (secondary N) is 1. The van der Waals surface area contributed by atoms with Crippen LogP contribution in [0.3, 0.4) is 0 Å². The van der Waals surface area contributed by atoms with Gasteiger partial charge in [-0.2, -0.15) is 0 Å². The predicted octanol–water partition coefficient (Wildman–Crippen LogP) is 3.33. The highest BCUT2D eigenvalue weighted by Gasteiger charge is 2.36. The minimum absolute atomic E-state index is 0.186. The molecule has 1 N–H and O–H groups in total. The van der Waals surface area contributed by atoms with Gasteiger partial charge in [0.25, 0.3) is 0 Å². The highest BCUT2D eigenvalue weighted by Crippen LogP contribution is 2.38. The monoisotopic (exact) mass is 447 g/mol. The topological polar surface area (TPSA) is 46.2 Å². The van der Waals surface area contributed by atoms with Crippen LogP contribution in [0.25, 0.3) is 0 Å². The maximum absolute atomic E-state index is 11.8. The van der Waals surface area contributed by atoms with Crippen molar-refractivity contribution in [3.8, 4) is 0 Å². The quantitative estimate of drug-likeness (QED) is 0.717. The van der Waals surface area contributed by atoms with Gasteiger partial charge in [0.05, 0.1) is 0 Å². The summed E-state index contributed by atoms with van der Waals surface area (Å²) in [5.41, 5.74) is 1.09. The van der Waals surface area contributed by atoms with Crippen LogP contribution in [0.1, 0.15) is 12.5 Å². The summed E-state index contributed by atoms with van der Waals surface area (Å²) >= 11 is 8.99. The van der Waals surface area contributed by atoms with Crippen LogP contribution < -0.4 is 4.72 Å². The van der Waals surface area contributed by atoms with E-state index in [1.165, 1.54) is 0 Å². The third-order valence-electron chi connectivity index (χ3n) is 2.05. The molecule has 17 heavy (non-hydrogen) atoms. The molecule has 0 radical (unpaired) electrons. The fraction of sp³-hybridized carbons (Fsp3) is 0.400. The molecule has 0 saturated heterocycles. The van der Waals surface area contributed by atoms with Crippen molar-refractivity contribution < 1.29 is 8.42 Å². The zero-order valence-electron chi connectivity index (χ0n) is 9.03. The Bertz CT molecular complexity index is 456. The van der Waals surface area contributed by atoms with Crippen molar-refractivity contribution in [1.29, 1.82) is 0 Å². The molecule has 0 aliphatic carbocycles. The van der Waals surface area contributed by atoms with Gasteiger partial charge in [0.15, 0.2) is 0 Å². The lowest BCUT2D eigenvalue weighted by atomic mass is 10.1. The molecule has 1 atom stereocenters. The molecule has 0 spiro atoms. The SMILES string of the molecule is CC(Cc1ccccc1)NS(=O)(=O)C(Br)(Br)Br. The van der Waals surface area contributed by atoms with Crippen molar-refractivity contribution in [2.24, 2.45) is 0 Å². The number of hydrogen-bond acceptors (Lipinski definition) is 2. The average molecular weight is 450 g/mol. The van der Waals surface area contributed by atoms with Crippen molar-refractivity contribution in [3.63, 3.8) is 0 Å². The zero-order chi connectivity index (χ0) is 13.1. The van der Waals surface area contributed by atoms with E-state index in [0.29, 0.717) is 6.42 Å². The van der Waals surface area contributed by atoms with Crippen LogP contribution in [0.15, 0.2) is 30.3 Å². The standard InChI is InChI=1S/C10H12Br3NO2S/c1-8(7-9-5-3-2-4-6-9)14-17(15,16)10(11,12)13/h2-6,8,14H,7H2,1H3. The van der Waals surface area contributed by atoms with E-state index in [1.807, 2.05) is 37.3 Å². The number of rotatable bonds is 4. The molecule has 0 amide bonds. The maximum Gasteiger partial charge on any atom is 0.248 e. The molecule has 0 aromatic heterocycles. The fourth-order valence-electron chi connectivity index (χ4n) is 1.34. The average Bonchev–Trinajstić information content (AvgIpc) is 2.16. The van der Waals surface area contributed by atoms with Gasteiger partial charge in [-0.05, 0) is 66.7 Å². The van der Waals surface area contributed by atoms with Gasteiger partial charge in [0, 0.05) is 6.04 Å². The van der Waals surface area contributed by atoms with Crippen LogP contribution in [0.4, 0.5) is 0 Å². The molecular weight excluding hydrogens is 438 g/mol. The van der Waals surface area contributed by atoms with Gasteiger partial charge in [-0.15, -0.1) is 0 Å². The van der Waals surface area contributed by atoms with Crippen LogP contribution in [-0.2, 0) is 16.4 Å². The predicted molar refractivity (Wildman–Crippen MR) is 81.2 cm³/mol. The van der Waals surface area contributed by atoms with Crippen molar-refractivity contribution in [2.75, 3.05) is 0 Å². The van der Waals surface area contributed by atoms with Crippen molar-refractivity contribution in [2.45, 2.75) is 20.9 Å². The largest absolute Gasteiger partial charge is 0.248 e. The van der Waals surface area contributed by atoms with Crippen molar-refractivity contribution >= 4 is 57.8 Å². The van der Waals surface area contributed by atoms with E-state index >= 15 is 0 Å². The van der Waals surface area contributed by atoms with E-state index in [0.717, 1.165) is 5.56 Å². The summed E-state index contributed by atoms with van der Waals surface area (Å²) in [6.45, 7) is 1.82. The fourth-order valence-corrected chi connectivity index (χ4v) is 2.93. The number of hydrogen-bond donors (Lipinski definition) is 1. The Morgan fingerprint density at radius 3 is 2.24 bits per heavy atom. The molecular formula is C10H12Br3NO2S. The molecule has 7 heteroatoms. The number of halogens is 3. The molecule has 1 aromatic rings. The Kier molecular flexibility index (Phi) is 5.65. The van der Waals surface area contributed by atoms with Gasteiger partial charge >= 0.3 is 0 Å². The zero-order valence-corrected chi connectivity index (χ0v) is 14.6. The van der Waals surface area contributed by atoms with Crippen LogP contribution in [0.2, 0.25) is 0 Å². The van der Waals surface area contributed by atoms with Crippen LogP contribution in [0.5, 0.6) is 0 Å². The number of sulfonamides is 1. The first-order valence-electron chi connectivity index (χ1n) is 4.85. The third kappa shape index (κ3) is 4.98. The Morgan fingerprint density at radius 1 is 1.24 bits per heavy atom. The van der Waals surface area contributed by atoms with E-state index in [9.17, 15) is 8.42 Å². The third-order valence-corrected chi connectivity index (χ3v) is 7.20. The second-order valence-corrected chi connectivity index (χ2v) is 13.8. The van der Waals surface area contributed by atoms with Gasteiger partial charge in [-0.3, -0.25) is 0 Å². The van der Waals surface area contributed by atoms with E-state index in [-0.39, 0.29) is 6.04 Å². The van der Waals surface area contributed by atoms with E-state index in [2.05, 4.69) is 52.5 Å². The summed E-state index contributed by atoms with van der Waals surface area (Å²) < 4.78 is 24.8. The summed E-state index contributed by atoms with van der Waals surface area (Å²) in [6.07, 6.45) is 0.642. The van der Waals surface area contributed by atoms with Gasteiger partial charge in [-0.1, -0.05) is 30.3 Å². The van der Waals surface area contributed by atoms with E-state index in [4.69, 9.17) is 0 Å². The van der Waals surface area contributed by atoms with E-state index in [1.54, 1.807) is 0 Å². The van der Waals surface area contributed by atoms with Gasteiger partial charge < -0.3 is 0 Å². The minimum Gasteiger partial charge on any atom is -0.209 e. The number of alkyl halides is 3. The maximum atomic E-state index is 11.8. The molecule has 1 rings (SSSR count). The first-order valence-corrected chi connectivity index (χ1v) is 8.71. The normalized spacial score (nSPS) is 14.6. The molecule has 0 heterocycles. The molecule has 96 valence electrons. The lowest BCUT2D eigenvalue weighted by molar-refractivity contribution is 0.562. The van der Waals surface area contributed by atoms with Crippen LogP contribution in [-0.4, -0.2) is 15.9 Å². The Hall–Kier alpha value is 0.570. The van der Waals surface area contributed by atoms with Gasteiger partial charge in [-0.25, -0.2) is 13.1 Å².